The van der Waals surface area contributed by atoms with Gasteiger partial charge in [0.15, 0.2) is 11.5 Å². The highest BCUT2D eigenvalue weighted by atomic mass is 79.9. The first kappa shape index (κ1) is 15.7. The van der Waals surface area contributed by atoms with E-state index in [1.54, 1.807) is 30.3 Å². The van der Waals surface area contributed by atoms with E-state index in [0.717, 1.165) is 4.47 Å². The lowest BCUT2D eigenvalue weighted by molar-refractivity contribution is 0.279. The third kappa shape index (κ3) is 3.92. The average Bonchev–Trinajstić information content (AvgIpc) is 2.47. The molecule has 0 aromatic heterocycles. The fraction of sp³-hybridized carbons (Fsp3) is 0.133. The zero-order valence-corrected chi connectivity index (χ0v) is 13.6. The van der Waals surface area contributed by atoms with Gasteiger partial charge in [-0.2, -0.15) is 0 Å². The van der Waals surface area contributed by atoms with Gasteiger partial charge in [-0.1, -0.05) is 28.1 Å². The summed E-state index contributed by atoms with van der Waals surface area (Å²) in [6.45, 7) is 0.0913. The summed E-state index contributed by atoms with van der Waals surface area (Å²) in [5.41, 5.74) is 6.70. The van der Waals surface area contributed by atoms with Crippen LogP contribution >= 0.6 is 28.1 Å². The quantitative estimate of drug-likeness (QED) is 0.813. The number of hydrogen-bond acceptors (Lipinski definition) is 3. The molecule has 0 saturated carbocycles. The first-order chi connectivity index (χ1) is 10.0. The van der Waals surface area contributed by atoms with E-state index >= 15 is 0 Å². The molecule has 0 saturated heterocycles. The van der Waals surface area contributed by atoms with Crippen molar-refractivity contribution in [3.8, 4) is 11.5 Å². The second-order valence-electron chi connectivity index (χ2n) is 4.25. The van der Waals surface area contributed by atoms with E-state index in [1.807, 2.05) is 0 Å². The van der Waals surface area contributed by atoms with Gasteiger partial charge in [0.05, 0.1) is 7.11 Å². The minimum absolute atomic E-state index is 0.0913. The molecule has 0 fully saturated rings. The second-order valence-corrected chi connectivity index (χ2v) is 5.61. The predicted molar refractivity (Wildman–Crippen MR) is 87.3 cm³/mol. The first-order valence-corrected chi connectivity index (χ1v) is 7.26. The molecular formula is C15H13BrFNO2S. The normalized spacial score (nSPS) is 10.2. The third-order valence-corrected chi connectivity index (χ3v) is 3.57. The van der Waals surface area contributed by atoms with E-state index in [0.29, 0.717) is 22.6 Å². The molecule has 0 unspecified atom stereocenters. The lowest BCUT2D eigenvalue weighted by Crippen LogP contribution is -2.09. The van der Waals surface area contributed by atoms with Gasteiger partial charge >= 0.3 is 0 Å². The van der Waals surface area contributed by atoms with Crippen LogP contribution < -0.4 is 15.2 Å². The molecule has 21 heavy (non-hydrogen) atoms. The molecule has 0 atom stereocenters. The summed E-state index contributed by atoms with van der Waals surface area (Å²) in [6, 6.07) is 9.81. The van der Waals surface area contributed by atoms with Crippen molar-refractivity contribution in [3.05, 3.63) is 57.8 Å². The number of hydrogen-bond donors (Lipinski definition) is 1. The number of benzene rings is 2. The van der Waals surface area contributed by atoms with Crippen molar-refractivity contribution in [2.45, 2.75) is 6.61 Å². The van der Waals surface area contributed by atoms with E-state index in [-0.39, 0.29) is 17.4 Å². The largest absolute Gasteiger partial charge is 0.493 e. The molecule has 0 radical (unpaired) electrons. The zero-order valence-electron chi connectivity index (χ0n) is 11.2. The second kappa shape index (κ2) is 6.87. The summed E-state index contributed by atoms with van der Waals surface area (Å²) >= 11 is 8.21. The predicted octanol–water partition coefficient (Wildman–Crippen LogP) is 3.81. The standard InChI is InChI=1S/C15H13BrFNO2S/c1-19-14-7-9(15(18)21)2-5-13(14)20-8-10-6-11(16)3-4-12(10)17/h2-7H,8H2,1H3,(H2,18,21). The Bertz CT molecular complexity index is 679. The number of ether oxygens (including phenoxy) is 2. The summed E-state index contributed by atoms with van der Waals surface area (Å²) in [6.07, 6.45) is 0. The number of methoxy groups -OCH3 is 1. The molecule has 6 heteroatoms. The van der Waals surface area contributed by atoms with E-state index < -0.39 is 0 Å². The van der Waals surface area contributed by atoms with Crippen LogP contribution in [0.15, 0.2) is 40.9 Å². The van der Waals surface area contributed by atoms with Crippen LogP contribution in [0.2, 0.25) is 0 Å². The molecule has 2 rings (SSSR count). The molecule has 3 nitrogen and oxygen atoms in total. The minimum atomic E-state index is -0.322. The van der Waals surface area contributed by atoms with Gasteiger partial charge in [0.1, 0.15) is 17.4 Å². The van der Waals surface area contributed by atoms with Gasteiger partial charge in [0.2, 0.25) is 0 Å². The molecule has 0 aliphatic carbocycles. The lowest BCUT2D eigenvalue weighted by Gasteiger charge is -2.12. The fourth-order valence-electron chi connectivity index (χ4n) is 1.75. The number of halogens is 2. The maximum atomic E-state index is 13.7. The van der Waals surface area contributed by atoms with Gasteiger partial charge in [-0.25, -0.2) is 4.39 Å². The van der Waals surface area contributed by atoms with Crippen LogP contribution in [0, 0.1) is 5.82 Å². The molecule has 2 aromatic carbocycles. The SMILES string of the molecule is COc1cc(C(N)=S)ccc1OCc1cc(Br)ccc1F. The minimum Gasteiger partial charge on any atom is -0.493 e. The average molecular weight is 370 g/mol. The number of rotatable bonds is 5. The van der Waals surface area contributed by atoms with Crippen LogP contribution in [0.4, 0.5) is 4.39 Å². The third-order valence-electron chi connectivity index (χ3n) is 2.84. The van der Waals surface area contributed by atoms with E-state index in [4.69, 9.17) is 27.4 Å². The molecule has 2 N–H and O–H groups in total. The van der Waals surface area contributed by atoms with Gasteiger partial charge in [0.25, 0.3) is 0 Å². The highest BCUT2D eigenvalue weighted by Crippen LogP contribution is 2.29. The summed E-state index contributed by atoms with van der Waals surface area (Å²) in [4.78, 5) is 0.276. The molecule has 0 amide bonds. The van der Waals surface area contributed by atoms with Crippen LogP contribution in [0.3, 0.4) is 0 Å². The van der Waals surface area contributed by atoms with Crippen molar-refractivity contribution in [2.75, 3.05) is 7.11 Å². The Morgan fingerprint density at radius 3 is 2.67 bits per heavy atom. The van der Waals surface area contributed by atoms with Gasteiger partial charge in [-0.05, 0) is 36.4 Å². The molecule has 0 aliphatic heterocycles. The molecular weight excluding hydrogens is 357 g/mol. The number of thiocarbonyl (C=S) groups is 1. The fourth-order valence-corrected chi connectivity index (χ4v) is 2.28. The Balaban J connectivity index is 2.19. The summed E-state index contributed by atoms with van der Waals surface area (Å²) in [7, 11) is 1.52. The highest BCUT2D eigenvalue weighted by Gasteiger charge is 2.09. The molecule has 110 valence electrons. The molecule has 0 heterocycles. The van der Waals surface area contributed by atoms with Gasteiger partial charge in [-0.3, -0.25) is 0 Å². The molecule has 0 spiro atoms. The van der Waals surface area contributed by atoms with Crippen LogP contribution in [-0.2, 0) is 6.61 Å². The summed E-state index contributed by atoms with van der Waals surface area (Å²) in [5, 5.41) is 0. The first-order valence-electron chi connectivity index (χ1n) is 6.06. The van der Waals surface area contributed by atoms with Crippen molar-refractivity contribution in [2.24, 2.45) is 5.73 Å². The van der Waals surface area contributed by atoms with Crippen LogP contribution in [-0.4, -0.2) is 12.1 Å². The van der Waals surface area contributed by atoms with Gasteiger partial charge in [-0.15, -0.1) is 0 Å². The number of nitrogens with two attached hydrogens (primary N) is 1. The zero-order chi connectivity index (χ0) is 15.4. The van der Waals surface area contributed by atoms with Crippen molar-refractivity contribution in [1.82, 2.24) is 0 Å². The Morgan fingerprint density at radius 2 is 2.00 bits per heavy atom. The van der Waals surface area contributed by atoms with Crippen LogP contribution in [0.5, 0.6) is 11.5 Å². The van der Waals surface area contributed by atoms with Crippen molar-refractivity contribution < 1.29 is 13.9 Å². The van der Waals surface area contributed by atoms with Crippen molar-refractivity contribution in [1.29, 1.82) is 0 Å². The van der Waals surface area contributed by atoms with Crippen LogP contribution in [0.25, 0.3) is 0 Å². The molecule has 0 aliphatic rings. The Labute approximate surface area is 136 Å². The Kier molecular flexibility index (Phi) is 5.14. The topological polar surface area (TPSA) is 44.5 Å². The van der Waals surface area contributed by atoms with Gasteiger partial charge < -0.3 is 15.2 Å². The van der Waals surface area contributed by atoms with Crippen LogP contribution in [0.1, 0.15) is 11.1 Å². The highest BCUT2D eigenvalue weighted by molar-refractivity contribution is 9.10. The van der Waals surface area contributed by atoms with Crippen molar-refractivity contribution in [3.63, 3.8) is 0 Å². The summed E-state index contributed by atoms with van der Waals surface area (Å²) < 4.78 is 25.3. The molecule has 2 aromatic rings. The Morgan fingerprint density at radius 1 is 1.24 bits per heavy atom. The Hall–Kier alpha value is -1.66. The van der Waals surface area contributed by atoms with E-state index in [2.05, 4.69) is 15.9 Å². The van der Waals surface area contributed by atoms with E-state index in [9.17, 15) is 4.39 Å². The summed E-state index contributed by atoms with van der Waals surface area (Å²) in [5.74, 6) is 0.671. The van der Waals surface area contributed by atoms with E-state index in [1.165, 1.54) is 13.2 Å². The molecule has 0 bridgehead atoms. The van der Waals surface area contributed by atoms with Gasteiger partial charge in [0, 0.05) is 15.6 Å². The maximum Gasteiger partial charge on any atom is 0.161 e. The monoisotopic (exact) mass is 369 g/mol. The smallest absolute Gasteiger partial charge is 0.161 e. The lowest BCUT2D eigenvalue weighted by atomic mass is 10.2. The maximum absolute atomic E-state index is 13.7. The van der Waals surface area contributed by atoms with Crippen molar-refractivity contribution >= 4 is 33.1 Å².